The number of hydrogen-bond acceptors (Lipinski definition) is 10. The van der Waals surface area contributed by atoms with Gasteiger partial charge >= 0.3 is 7.91 Å². The van der Waals surface area contributed by atoms with Crippen molar-refractivity contribution in [1.29, 1.82) is 0 Å². The molecule has 0 spiro atoms. The first-order valence-electron chi connectivity index (χ1n) is 6.39. The van der Waals surface area contributed by atoms with Crippen molar-refractivity contribution < 1.29 is 28.6 Å². The third kappa shape index (κ3) is 2.78. The Kier molecular flexibility index (Phi) is 4.00. The topological polar surface area (TPSA) is 183 Å². The Balaban J connectivity index is 1.94. The van der Waals surface area contributed by atoms with Crippen molar-refractivity contribution in [3.63, 3.8) is 0 Å². The Labute approximate surface area is 127 Å². The van der Waals surface area contributed by atoms with E-state index in [0.717, 1.165) is 0 Å². The van der Waals surface area contributed by atoms with Gasteiger partial charge in [0.2, 0.25) is 5.95 Å². The van der Waals surface area contributed by atoms with Gasteiger partial charge in [0.1, 0.15) is 18.3 Å². The van der Waals surface area contributed by atoms with Gasteiger partial charge in [-0.2, -0.15) is 4.98 Å². The molecule has 1 saturated heterocycles. The summed E-state index contributed by atoms with van der Waals surface area (Å²) in [6.07, 6.45) is -3.83. The largest absolute Gasteiger partial charge is 0.468 e. The van der Waals surface area contributed by atoms with Gasteiger partial charge in [0.05, 0.1) is 12.9 Å². The minimum absolute atomic E-state index is 0.0215. The molecule has 4 atom stereocenters. The van der Waals surface area contributed by atoms with Crippen LogP contribution in [0.4, 0.5) is 5.95 Å². The van der Waals surface area contributed by atoms with Crippen LogP contribution in [0.5, 0.6) is 0 Å². The van der Waals surface area contributed by atoms with E-state index in [4.69, 9.17) is 10.5 Å². The number of nitrogens with zero attached hydrogens (tertiary/aromatic N) is 3. The number of aliphatic hydroxyl groups excluding tert-OH is 2. The number of hydrogen-bond donors (Lipinski definition) is 4. The monoisotopic (exact) mass is 345 g/mol. The normalized spacial score (nSPS) is 27.6. The zero-order valence-corrected chi connectivity index (χ0v) is 12.3. The van der Waals surface area contributed by atoms with Crippen LogP contribution in [0.15, 0.2) is 11.1 Å². The van der Waals surface area contributed by atoms with Crippen LogP contribution in [0, 0.1) is 0 Å². The summed E-state index contributed by atoms with van der Waals surface area (Å²) >= 11 is 0. The third-order valence-electron chi connectivity index (χ3n) is 3.41. The molecule has 0 unspecified atom stereocenters. The maximum atomic E-state index is 11.7. The molecular weight excluding hydrogens is 333 g/mol. The molecule has 1 fully saturated rings. The molecule has 5 N–H and O–H groups in total. The average molecular weight is 345 g/mol. The summed E-state index contributed by atoms with van der Waals surface area (Å²) in [6, 6.07) is 0. The van der Waals surface area contributed by atoms with Crippen molar-refractivity contribution in [2.75, 3.05) is 12.3 Å². The van der Waals surface area contributed by atoms with Gasteiger partial charge in [-0.3, -0.25) is 18.9 Å². The number of nitrogens with one attached hydrogen (secondary N) is 1. The van der Waals surface area contributed by atoms with Crippen LogP contribution in [-0.2, 0) is 18.4 Å². The lowest BCUT2D eigenvalue weighted by molar-refractivity contribution is -0.0469. The van der Waals surface area contributed by atoms with Crippen molar-refractivity contribution in [3.05, 3.63) is 16.7 Å². The lowest BCUT2D eigenvalue weighted by atomic mass is 10.1. The zero-order valence-electron chi connectivity index (χ0n) is 11.4. The Morgan fingerprint density at radius 1 is 1.43 bits per heavy atom. The van der Waals surface area contributed by atoms with Crippen molar-refractivity contribution in [2.24, 2.45) is 0 Å². The highest BCUT2D eigenvalue weighted by atomic mass is 31.1. The van der Waals surface area contributed by atoms with E-state index in [1.54, 1.807) is 0 Å². The van der Waals surface area contributed by atoms with E-state index in [1.807, 2.05) is 0 Å². The number of ether oxygens (including phenoxy) is 1. The molecule has 2 aromatic rings. The molecule has 1 aliphatic heterocycles. The average Bonchev–Trinajstić information content (AvgIpc) is 3.00. The quantitative estimate of drug-likeness (QED) is 0.472. The van der Waals surface area contributed by atoms with Gasteiger partial charge < -0.3 is 20.7 Å². The first kappa shape index (κ1) is 15.8. The van der Waals surface area contributed by atoms with Crippen molar-refractivity contribution in [1.82, 2.24) is 19.5 Å². The van der Waals surface area contributed by atoms with Crippen LogP contribution >= 0.6 is 7.91 Å². The molecule has 13 heteroatoms. The van der Waals surface area contributed by atoms with E-state index in [9.17, 15) is 24.1 Å². The van der Waals surface area contributed by atoms with Crippen molar-refractivity contribution in [2.45, 2.75) is 24.5 Å². The van der Waals surface area contributed by atoms with Crippen molar-refractivity contribution in [3.8, 4) is 0 Å². The highest BCUT2D eigenvalue weighted by Crippen LogP contribution is 2.31. The van der Waals surface area contributed by atoms with Gasteiger partial charge in [-0.25, -0.2) is 14.1 Å². The number of rotatable bonds is 4. The number of fused-ring (bicyclic) bond motifs is 1. The molecule has 0 aliphatic carbocycles. The minimum atomic E-state index is -3.11. The number of imidazole rings is 1. The second-order valence-electron chi connectivity index (χ2n) is 4.84. The fourth-order valence-corrected chi connectivity index (χ4v) is 2.63. The summed E-state index contributed by atoms with van der Waals surface area (Å²) in [5.74, 6) is -0.152. The summed E-state index contributed by atoms with van der Waals surface area (Å²) in [7, 11) is -3.11. The summed E-state index contributed by atoms with van der Waals surface area (Å²) < 4.78 is 31.9. The van der Waals surface area contributed by atoms with E-state index in [0.29, 0.717) is 0 Å². The smallest absolute Gasteiger partial charge is 0.387 e. The van der Waals surface area contributed by atoms with E-state index < -0.39 is 44.6 Å². The lowest BCUT2D eigenvalue weighted by Crippen LogP contribution is -2.33. The summed E-state index contributed by atoms with van der Waals surface area (Å²) in [6.45, 7) is -0.462. The molecule has 1 aliphatic rings. The molecule has 3 rings (SSSR count). The summed E-state index contributed by atoms with van der Waals surface area (Å²) in [5.41, 5.74) is 4.94. The number of nitrogen functional groups attached to an aromatic ring is 1. The maximum Gasteiger partial charge on any atom is 0.468 e. The van der Waals surface area contributed by atoms with Gasteiger partial charge in [0, 0.05) is 0 Å². The van der Waals surface area contributed by atoms with Crippen LogP contribution in [-0.4, -0.2) is 54.7 Å². The Morgan fingerprint density at radius 2 is 2.17 bits per heavy atom. The fraction of sp³-hybridized carbons (Fsp3) is 0.500. The summed E-state index contributed by atoms with van der Waals surface area (Å²) in [5, 5.41) is 20.0. The Bertz CT molecular complexity index is 853. The highest BCUT2D eigenvalue weighted by molar-refractivity contribution is 7.24. The van der Waals surface area contributed by atoms with Gasteiger partial charge in [-0.05, 0) is 0 Å². The standard InChI is InChI=1S/C10H12N5O7P/c11-10-13-7-4(8(18)14-10)12-2-15(7)9-6(17)5(16)3(22-9)1-21-23(19)20/h2-3,5-6,9,16-17H,1H2,(H3,11,13,14,18)/t3-,5-,6-,9-/m1/s1. The van der Waals surface area contributed by atoms with E-state index in [1.165, 1.54) is 10.9 Å². The molecule has 0 saturated carbocycles. The minimum Gasteiger partial charge on any atom is -0.387 e. The van der Waals surface area contributed by atoms with Crippen LogP contribution in [0.1, 0.15) is 6.23 Å². The van der Waals surface area contributed by atoms with E-state index in [2.05, 4.69) is 19.5 Å². The van der Waals surface area contributed by atoms with Crippen LogP contribution in [0.3, 0.4) is 0 Å². The highest BCUT2D eigenvalue weighted by Gasteiger charge is 2.44. The zero-order chi connectivity index (χ0) is 16.7. The first-order chi connectivity index (χ1) is 10.9. The predicted octanol–water partition coefficient (Wildman–Crippen LogP) is -1.57. The molecule has 0 amide bonds. The molecule has 0 aromatic carbocycles. The van der Waals surface area contributed by atoms with Crippen LogP contribution in [0.2, 0.25) is 0 Å². The van der Waals surface area contributed by atoms with Gasteiger partial charge in [-0.15, -0.1) is 0 Å². The SMILES string of the molecule is Nc1nc2c(ncn2[C@@H]2O[C@H](COP(=O)=O)[C@@H](O)[C@H]2O)c(=O)[nH]1. The molecule has 2 aromatic heterocycles. The molecule has 12 nitrogen and oxygen atoms in total. The maximum absolute atomic E-state index is 11.7. The molecule has 3 heterocycles. The molecule has 124 valence electrons. The number of nitrogens with two attached hydrogens (primary N) is 1. The van der Waals surface area contributed by atoms with E-state index in [-0.39, 0.29) is 17.1 Å². The Hall–Kier alpha value is -2.11. The van der Waals surface area contributed by atoms with Crippen molar-refractivity contribution >= 4 is 25.0 Å². The van der Waals surface area contributed by atoms with Gasteiger partial charge in [0.15, 0.2) is 17.4 Å². The van der Waals surface area contributed by atoms with Crippen LogP contribution in [0.25, 0.3) is 11.2 Å². The molecular formula is C10H12N5O7P. The Morgan fingerprint density at radius 3 is 2.87 bits per heavy atom. The third-order valence-corrected chi connectivity index (χ3v) is 3.77. The predicted molar refractivity (Wildman–Crippen MR) is 72.7 cm³/mol. The fourth-order valence-electron chi connectivity index (χ4n) is 2.36. The molecule has 0 radical (unpaired) electrons. The number of anilines is 1. The lowest BCUT2D eigenvalue weighted by Gasteiger charge is -2.16. The van der Waals surface area contributed by atoms with Crippen LogP contribution < -0.4 is 11.3 Å². The second kappa shape index (κ2) is 5.83. The van der Waals surface area contributed by atoms with E-state index >= 15 is 0 Å². The number of aromatic amines is 1. The van der Waals surface area contributed by atoms with Gasteiger partial charge in [0.25, 0.3) is 5.56 Å². The molecule has 0 bridgehead atoms. The van der Waals surface area contributed by atoms with Gasteiger partial charge in [-0.1, -0.05) is 0 Å². The number of aromatic nitrogens is 4. The second-order valence-corrected chi connectivity index (χ2v) is 5.55. The summed E-state index contributed by atoms with van der Waals surface area (Å²) in [4.78, 5) is 21.8. The molecule has 23 heavy (non-hydrogen) atoms. The number of H-pyrrole nitrogens is 1. The number of aliphatic hydroxyl groups is 2. The first-order valence-corrected chi connectivity index (χ1v) is 7.49.